The molecule has 0 unspecified atom stereocenters. The summed E-state index contributed by atoms with van der Waals surface area (Å²) in [5.74, 6) is -0.894. The molecular formula is C26H21N3O6. The highest BCUT2D eigenvalue weighted by Gasteiger charge is 2.70. The molecule has 2 aliphatic heterocycles. The van der Waals surface area contributed by atoms with Gasteiger partial charge in [-0.15, -0.1) is 0 Å². The molecule has 0 spiro atoms. The standard InChI is InChI=1S/C26H21N3O6/c1-13(30)34-17-8-4-15(5-9-17)29-25(31)20-18-12-19(21(20)26(29)32)24-22(18)23(28-35-24)14-2-6-16(7-3-14)33-11-10-27/h2-9,18-22,24H,11-12H2,1H3/t18-,19-,20-,21-,22-,24-/m1/s1. The molecule has 2 aliphatic carbocycles. The maximum atomic E-state index is 13.5. The number of hydrogen-bond donors (Lipinski definition) is 0. The Morgan fingerprint density at radius 3 is 2.34 bits per heavy atom. The van der Waals surface area contributed by atoms with Crippen LogP contribution in [0.2, 0.25) is 0 Å². The molecule has 0 N–H and O–H groups in total. The van der Waals surface area contributed by atoms with Crippen molar-refractivity contribution >= 4 is 29.2 Å². The molecule has 2 bridgehead atoms. The number of nitrogens with zero attached hydrogens (tertiary/aromatic N) is 3. The van der Waals surface area contributed by atoms with Crippen LogP contribution in [0.1, 0.15) is 18.9 Å². The van der Waals surface area contributed by atoms with Gasteiger partial charge in [-0.2, -0.15) is 5.26 Å². The normalized spacial score (nSPS) is 29.8. The van der Waals surface area contributed by atoms with E-state index in [-0.39, 0.29) is 42.3 Å². The number of fused-ring (bicyclic) bond motifs is 8. The van der Waals surface area contributed by atoms with Gasteiger partial charge in [0.15, 0.2) is 6.61 Å². The highest BCUT2D eigenvalue weighted by atomic mass is 16.6. The Morgan fingerprint density at radius 2 is 1.69 bits per heavy atom. The van der Waals surface area contributed by atoms with Gasteiger partial charge in [-0.3, -0.25) is 19.3 Å². The minimum Gasteiger partial charge on any atom is -0.479 e. The molecule has 9 heteroatoms. The van der Waals surface area contributed by atoms with Crippen LogP contribution in [0.5, 0.6) is 11.5 Å². The van der Waals surface area contributed by atoms with Gasteiger partial charge in [0.1, 0.15) is 23.7 Å². The fourth-order valence-electron chi connectivity index (χ4n) is 6.29. The number of anilines is 1. The molecule has 3 fully saturated rings. The number of imide groups is 1. The Bertz CT molecular complexity index is 1300. The zero-order chi connectivity index (χ0) is 24.3. The van der Waals surface area contributed by atoms with Crippen molar-refractivity contribution in [2.75, 3.05) is 11.5 Å². The van der Waals surface area contributed by atoms with Crippen molar-refractivity contribution < 1.29 is 28.7 Å². The van der Waals surface area contributed by atoms with E-state index in [1.807, 2.05) is 18.2 Å². The van der Waals surface area contributed by atoms with Crippen molar-refractivity contribution in [1.82, 2.24) is 0 Å². The molecule has 2 aromatic carbocycles. The van der Waals surface area contributed by atoms with Crippen molar-refractivity contribution in [2.45, 2.75) is 19.4 Å². The highest BCUT2D eigenvalue weighted by Crippen LogP contribution is 2.62. The Labute approximate surface area is 200 Å². The first-order valence-corrected chi connectivity index (χ1v) is 11.5. The SMILES string of the molecule is CC(=O)Oc1ccc(N2C(=O)[C@@H]3[C@H]4C[C@@H]([C@H]5ON=C(c6ccc(OCC#N)cc6)[C@@H]45)[C@H]3C2=O)cc1. The van der Waals surface area contributed by atoms with Gasteiger partial charge in [0.25, 0.3) is 0 Å². The van der Waals surface area contributed by atoms with Crippen LogP contribution in [0.25, 0.3) is 0 Å². The first kappa shape index (κ1) is 21.4. The fourth-order valence-corrected chi connectivity index (χ4v) is 6.29. The largest absolute Gasteiger partial charge is 0.479 e. The lowest BCUT2D eigenvalue weighted by Crippen LogP contribution is -2.41. The van der Waals surface area contributed by atoms with E-state index in [2.05, 4.69) is 5.16 Å². The van der Waals surface area contributed by atoms with Crippen molar-refractivity contribution in [3.05, 3.63) is 54.1 Å². The second kappa shape index (κ2) is 7.94. The van der Waals surface area contributed by atoms with Crippen LogP contribution < -0.4 is 14.4 Å². The molecule has 35 heavy (non-hydrogen) atoms. The quantitative estimate of drug-likeness (QED) is 0.374. The summed E-state index contributed by atoms with van der Waals surface area (Å²) in [6, 6.07) is 15.6. The van der Waals surface area contributed by atoms with Crippen LogP contribution in [0.15, 0.2) is 53.7 Å². The number of hydrogen-bond acceptors (Lipinski definition) is 8. The van der Waals surface area contributed by atoms with Gasteiger partial charge < -0.3 is 14.3 Å². The average molecular weight is 471 g/mol. The van der Waals surface area contributed by atoms with Gasteiger partial charge in [0, 0.05) is 24.3 Å². The van der Waals surface area contributed by atoms with Crippen LogP contribution in [-0.4, -0.2) is 36.2 Å². The van der Waals surface area contributed by atoms with Gasteiger partial charge >= 0.3 is 5.97 Å². The molecule has 2 aromatic rings. The van der Waals surface area contributed by atoms with Gasteiger partial charge in [0.2, 0.25) is 11.8 Å². The number of carbonyl (C=O) groups is 3. The maximum absolute atomic E-state index is 13.5. The molecule has 2 saturated carbocycles. The van der Waals surface area contributed by atoms with E-state index in [0.29, 0.717) is 17.2 Å². The molecule has 0 aromatic heterocycles. The predicted molar refractivity (Wildman–Crippen MR) is 121 cm³/mol. The Kier molecular flexibility index (Phi) is 4.85. The minimum atomic E-state index is -0.439. The summed E-state index contributed by atoms with van der Waals surface area (Å²) < 4.78 is 10.4. The van der Waals surface area contributed by atoms with Crippen LogP contribution in [0.4, 0.5) is 5.69 Å². The Balaban J connectivity index is 1.24. The summed E-state index contributed by atoms with van der Waals surface area (Å²) in [4.78, 5) is 45.2. The van der Waals surface area contributed by atoms with Crippen LogP contribution >= 0.6 is 0 Å². The lowest BCUT2D eigenvalue weighted by Gasteiger charge is -2.29. The summed E-state index contributed by atoms with van der Waals surface area (Å²) >= 11 is 0. The maximum Gasteiger partial charge on any atom is 0.308 e. The molecule has 6 rings (SSSR count). The van der Waals surface area contributed by atoms with Crippen molar-refractivity contribution in [3.63, 3.8) is 0 Å². The second-order valence-electron chi connectivity index (χ2n) is 9.26. The fraction of sp³-hybridized carbons (Fsp3) is 0.346. The third-order valence-corrected chi connectivity index (χ3v) is 7.50. The molecule has 9 nitrogen and oxygen atoms in total. The van der Waals surface area contributed by atoms with Gasteiger partial charge in [-0.25, -0.2) is 0 Å². The molecule has 2 amide bonds. The summed E-state index contributed by atoms with van der Waals surface area (Å²) in [6.45, 7) is 1.28. The van der Waals surface area contributed by atoms with E-state index in [1.54, 1.807) is 36.4 Å². The zero-order valence-electron chi connectivity index (χ0n) is 18.8. The van der Waals surface area contributed by atoms with Crippen molar-refractivity contribution in [3.8, 4) is 17.6 Å². The molecule has 2 heterocycles. The third-order valence-electron chi connectivity index (χ3n) is 7.50. The molecule has 0 radical (unpaired) electrons. The van der Waals surface area contributed by atoms with E-state index in [0.717, 1.165) is 17.7 Å². The second-order valence-corrected chi connectivity index (χ2v) is 9.26. The van der Waals surface area contributed by atoms with Crippen molar-refractivity contribution in [2.24, 2.45) is 34.7 Å². The van der Waals surface area contributed by atoms with E-state index in [4.69, 9.17) is 19.6 Å². The Morgan fingerprint density at radius 1 is 1.03 bits per heavy atom. The van der Waals surface area contributed by atoms with E-state index in [9.17, 15) is 14.4 Å². The predicted octanol–water partition coefficient (Wildman–Crippen LogP) is 2.69. The summed E-state index contributed by atoms with van der Waals surface area (Å²) in [7, 11) is 0. The number of amides is 2. The van der Waals surface area contributed by atoms with E-state index in [1.165, 1.54) is 11.8 Å². The van der Waals surface area contributed by atoms with Gasteiger partial charge in [-0.1, -0.05) is 5.16 Å². The molecular weight excluding hydrogens is 450 g/mol. The monoisotopic (exact) mass is 471 g/mol. The number of ether oxygens (including phenoxy) is 2. The van der Waals surface area contributed by atoms with Crippen LogP contribution in [0.3, 0.4) is 0 Å². The van der Waals surface area contributed by atoms with E-state index >= 15 is 0 Å². The third kappa shape index (κ3) is 3.21. The number of carbonyl (C=O) groups excluding carboxylic acids is 3. The summed E-state index contributed by atoms with van der Waals surface area (Å²) in [6.07, 6.45) is 0.526. The van der Waals surface area contributed by atoms with Crippen LogP contribution in [0, 0.1) is 40.9 Å². The number of rotatable bonds is 5. The highest BCUT2D eigenvalue weighted by molar-refractivity contribution is 6.23. The number of esters is 1. The van der Waals surface area contributed by atoms with Crippen molar-refractivity contribution in [1.29, 1.82) is 5.26 Å². The first-order valence-electron chi connectivity index (χ1n) is 11.5. The zero-order valence-corrected chi connectivity index (χ0v) is 18.8. The first-order chi connectivity index (χ1) is 17.0. The average Bonchev–Trinajstić information content (AvgIpc) is 3.59. The molecule has 1 saturated heterocycles. The van der Waals surface area contributed by atoms with Gasteiger partial charge in [0.05, 0.1) is 23.2 Å². The van der Waals surface area contributed by atoms with Crippen LogP contribution in [-0.2, 0) is 19.2 Å². The summed E-state index contributed by atoms with van der Waals surface area (Å²) in [5.41, 5.74) is 2.13. The number of oxime groups is 1. The number of benzene rings is 2. The lowest BCUT2D eigenvalue weighted by molar-refractivity contribution is -0.132. The minimum absolute atomic E-state index is 0.0277. The molecule has 4 aliphatic rings. The van der Waals surface area contributed by atoms with Gasteiger partial charge in [-0.05, 0) is 60.9 Å². The Hall–Kier alpha value is -4.19. The topological polar surface area (TPSA) is 118 Å². The molecule has 176 valence electrons. The smallest absolute Gasteiger partial charge is 0.308 e. The lowest BCUT2D eigenvalue weighted by atomic mass is 9.71. The van der Waals surface area contributed by atoms with E-state index < -0.39 is 17.8 Å². The molecule has 6 atom stereocenters. The summed E-state index contributed by atoms with van der Waals surface area (Å²) in [5, 5.41) is 13.0. The number of nitriles is 1.